The molecule has 7 nitrogen and oxygen atoms in total. The van der Waals surface area contributed by atoms with Crippen LogP contribution in [0.3, 0.4) is 0 Å². The number of methoxy groups -OCH3 is 1. The molecule has 32 heavy (non-hydrogen) atoms. The molecule has 1 heterocycles. The summed E-state index contributed by atoms with van der Waals surface area (Å²) in [6.45, 7) is 8.25. The minimum absolute atomic E-state index is 0.0509. The molecule has 1 unspecified atom stereocenters. The Bertz CT molecular complexity index is 906. The SMILES string of the molecule is COc1ccc(C(=O)NC(C(=O)NCc2ccccc2N2CCN(C)CC2)C(C)C)cc1. The van der Waals surface area contributed by atoms with Crippen LogP contribution in [-0.4, -0.2) is 63.1 Å². The molecular weight excluding hydrogens is 404 g/mol. The number of piperazine rings is 1. The zero-order valence-corrected chi connectivity index (χ0v) is 19.4. The highest BCUT2D eigenvalue weighted by atomic mass is 16.5. The number of rotatable bonds is 8. The van der Waals surface area contributed by atoms with Gasteiger partial charge in [-0.2, -0.15) is 0 Å². The highest BCUT2D eigenvalue weighted by Crippen LogP contribution is 2.22. The summed E-state index contributed by atoms with van der Waals surface area (Å²) in [6.07, 6.45) is 0. The van der Waals surface area contributed by atoms with E-state index in [4.69, 9.17) is 4.74 Å². The molecule has 172 valence electrons. The van der Waals surface area contributed by atoms with Gasteiger partial charge in [0.1, 0.15) is 11.8 Å². The van der Waals surface area contributed by atoms with Gasteiger partial charge in [-0.05, 0) is 48.9 Å². The fourth-order valence-corrected chi connectivity index (χ4v) is 3.81. The highest BCUT2D eigenvalue weighted by Gasteiger charge is 2.25. The van der Waals surface area contributed by atoms with Gasteiger partial charge in [-0.3, -0.25) is 9.59 Å². The minimum atomic E-state index is -0.625. The summed E-state index contributed by atoms with van der Waals surface area (Å²) in [4.78, 5) is 30.4. The summed E-state index contributed by atoms with van der Waals surface area (Å²) >= 11 is 0. The van der Waals surface area contributed by atoms with Gasteiger partial charge in [0.15, 0.2) is 0 Å². The Morgan fingerprint density at radius 3 is 2.28 bits per heavy atom. The van der Waals surface area contributed by atoms with Crippen molar-refractivity contribution in [3.05, 3.63) is 59.7 Å². The molecule has 1 aliphatic rings. The van der Waals surface area contributed by atoms with E-state index in [1.807, 2.05) is 32.0 Å². The van der Waals surface area contributed by atoms with Gasteiger partial charge < -0.3 is 25.2 Å². The van der Waals surface area contributed by atoms with Crippen LogP contribution < -0.4 is 20.3 Å². The molecule has 1 saturated heterocycles. The molecule has 7 heteroatoms. The number of amides is 2. The number of para-hydroxylation sites is 1. The molecule has 0 radical (unpaired) electrons. The van der Waals surface area contributed by atoms with E-state index in [1.54, 1.807) is 31.4 Å². The molecule has 0 bridgehead atoms. The first-order valence-electron chi connectivity index (χ1n) is 11.1. The number of nitrogens with zero attached hydrogens (tertiary/aromatic N) is 2. The fourth-order valence-electron chi connectivity index (χ4n) is 3.81. The molecule has 0 aliphatic carbocycles. The Morgan fingerprint density at radius 1 is 1.00 bits per heavy atom. The van der Waals surface area contributed by atoms with Crippen LogP contribution in [0.5, 0.6) is 5.75 Å². The molecule has 0 saturated carbocycles. The number of carbonyl (C=O) groups is 2. The van der Waals surface area contributed by atoms with Crippen LogP contribution in [0.15, 0.2) is 48.5 Å². The largest absolute Gasteiger partial charge is 0.497 e. The lowest BCUT2D eigenvalue weighted by Gasteiger charge is -2.35. The zero-order chi connectivity index (χ0) is 23.1. The summed E-state index contributed by atoms with van der Waals surface area (Å²) in [5.74, 6) is 0.165. The van der Waals surface area contributed by atoms with Crippen LogP contribution in [-0.2, 0) is 11.3 Å². The number of benzene rings is 2. The molecule has 1 atom stereocenters. The third-order valence-corrected chi connectivity index (χ3v) is 5.88. The van der Waals surface area contributed by atoms with Gasteiger partial charge in [0.25, 0.3) is 5.91 Å². The average Bonchev–Trinajstić information content (AvgIpc) is 2.81. The molecule has 2 aromatic carbocycles. The van der Waals surface area contributed by atoms with Crippen LogP contribution in [0.25, 0.3) is 0 Å². The van der Waals surface area contributed by atoms with Crippen molar-refractivity contribution in [2.45, 2.75) is 26.4 Å². The lowest BCUT2D eigenvalue weighted by Crippen LogP contribution is -2.49. The van der Waals surface area contributed by atoms with Gasteiger partial charge in [-0.1, -0.05) is 32.0 Å². The Hall–Kier alpha value is -3.06. The van der Waals surface area contributed by atoms with E-state index in [9.17, 15) is 9.59 Å². The number of anilines is 1. The molecule has 2 N–H and O–H groups in total. The van der Waals surface area contributed by atoms with Crippen molar-refractivity contribution in [3.63, 3.8) is 0 Å². The Labute approximate surface area is 190 Å². The summed E-state index contributed by atoms with van der Waals surface area (Å²) < 4.78 is 5.14. The van der Waals surface area contributed by atoms with E-state index in [0.717, 1.165) is 37.4 Å². The van der Waals surface area contributed by atoms with Crippen molar-refractivity contribution in [2.75, 3.05) is 45.2 Å². The number of hydrogen-bond acceptors (Lipinski definition) is 5. The smallest absolute Gasteiger partial charge is 0.251 e. The molecule has 0 spiro atoms. The third-order valence-electron chi connectivity index (χ3n) is 5.88. The molecule has 1 fully saturated rings. The predicted molar refractivity (Wildman–Crippen MR) is 127 cm³/mol. The van der Waals surface area contributed by atoms with Crippen molar-refractivity contribution < 1.29 is 14.3 Å². The van der Waals surface area contributed by atoms with Gasteiger partial charge in [-0.15, -0.1) is 0 Å². The van der Waals surface area contributed by atoms with Crippen molar-refractivity contribution in [3.8, 4) is 5.75 Å². The molecule has 1 aliphatic heterocycles. The number of carbonyl (C=O) groups excluding carboxylic acids is 2. The second-order valence-electron chi connectivity index (χ2n) is 8.56. The number of ether oxygens (including phenoxy) is 1. The van der Waals surface area contributed by atoms with Crippen molar-refractivity contribution in [2.24, 2.45) is 5.92 Å². The highest BCUT2D eigenvalue weighted by molar-refractivity contribution is 5.97. The number of nitrogens with one attached hydrogen (secondary N) is 2. The predicted octanol–water partition coefficient (Wildman–Crippen LogP) is 2.52. The molecular formula is C25H34N4O3. The van der Waals surface area contributed by atoms with Gasteiger partial charge in [0.05, 0.1) is 7.11 Å². The van der Waals surface area contributed by atoms with E-state index >= 15 is 0 Å². The second-order valence-corrected chi connectivity index (χ2v) is 8.56. The lowest BCUT2D eigenvalue weighted by molar-refractivity contribution is -0.124. The van der Waals surface area contributed by atoms with Crippen molar-refractivity contribution in [1.82, 2.24) is 15.5 Å². The fraction of sp³-hybridized carbons (Fsp3) is 0.440. The van der Waals surface area contributed by atoms with E-state index < -0.39 is 6.04 Å². The zero-order valence-electron chi connectivity index (χ0n) is 19.4. The van der Waals surface area contributed by atoms with E-state index in [2.05, 4.69) is 33.5 Å². The van der Waals surface area contributed by atoms with Crippen molar-refractivity contribution >= 4 is 17.5 Å². The summed E-state index contributed by atoms with van der Waals surface area (Å²) in [5.41, 5.74) is 2.73. The maximum atomic E-state index is 13.0. The first kappa shape index (κ1) is 23.6. The van der Waals surface area contributed by atoms with Crippen molar-refractivity contribution in [1.29, 1.82) is 0 Å². The standard InChI is InChI=1S/C25H34N4O3/c1-18(2)23(27-24(30)19-9-11-21(32-4)12-10-19)25(31)26-17-20-7-5-6-8-22(20)29-15-13-28(3)14-16-29/h5-12,18,23H,13-17H2,1-4H3,(H,26,31)(H,27,30). The van der Waals surface area contributed by atoms with Crippen LogP contribution in [0.4, 0.5) is 5.69 Å². The monoisotopic (exact) mass is 438 g/mol. The van der Waals surface area contributed by atoms with Gasteiger partial charge >= 0.3 is 0 Å². The lowest BCUT2D eigenvalue weighted by atomic mass is 10.0. The van der Waals surface area contributed by atoms with Crippen LogP contribution in [0.2, 0.25) is 0 Å². The van der Waals surface area contributed by atoms with E-state index in [0.29, 0.717) is 17.9 Å². The molecule has 2 amide bonds. The quantitative estimate of drug-likeness (QED) is 0.663. The van der Waals surface area contributed by atoms with E-state index in [1.165, 1.54) is 0 Å². The Balaban J connectivity index is 1.63. The Kier molecular flexibility index (Phi) is 8.11. The molecule has 2 aromatic rings. The van der Waals surface area contributed by atoms with Crippen LogP contribution in [0, 0.1) is 5.92 Å². The molecule has 3 rings (SSSR count). The van der Waals surface area contributed by atoms with E-state index in [-0.39, 0.29) is 17.7 Å². The summed E-state index contributed by atoms with van der Waals surface area (Å²) in [6, 6.07) is 14.4. The Morgan fingerprint density at radius 2 is 1.66 bits per heavy atom. The minimum Gasteiger partial charge on any atom is -0.497 e. The van der Waals surface area contributed by atoms with Crippen LogP contribution in [0.1, 0.15) is 29.8 Å². The average molecular weight is 439 g/mol. The molecule has 0 aromatic heterocycles. The number of likely N-dealkylation sites (N-methyl/N-ethyl adjacent to an activating group) is 1. The third kappa shape index (κ3) is 6.01. The number of hydrogen-bond donors (Lipinski definition) is 2. The first-order valence-corrected chi connectivity index (χ1v) is 11.1. The van der Waals surface area contributed by atoms with Gasteiger partial charge in [0.2, 0.25) is 5.91 Å². The maximum Gasteiger partial charge on any atom is 0.251 e. The topological polar surface area (TPSA) is 73.9 Å². The summed E-state index contributed by atoms with van der Waals surface area (Å²) in [7, 11) is 3.71. The summed E-state index contributed by atoms with van der Waals surface area (Å²) in [5, 5.41) is 5.91. The van der Waals surface area contributed by atoms with Crippen LogP contribution >= 0.6 is 0 Å². The normalized spacial score (nSPS) is 15.3. The maximum absolute atomic E-state index is 13.0. The van der Waals surface area contributed by atoms with Gasteiger partial charge in [0, 0.05) is 44.0 Å². The first-order chi connectivity index (χ1) is 15.4. The van der Waals surface area contributed by atoms with Gasteiger partial charge in [-0.25, -0.2) is 0 Å². The second kappa shape index (κ2) is 11.0.